The van der Waals surface area contributed by atoms with Crippen LogP contribution in [0.5, 0.6) is 0 Å². The molecule has 2 rings (SSSR count). The molecule has 1 aliphatic carbocycles. The molecule has 0 aromatic carbocycles. The molecule has 0 bridgehead atoms. The van der Waals surface area contributed by atoms with E-state index in [0.29, 0.717) is 11.8 Å². The molecule has 1 fully saturated rings. The highest BCUT2D eigenvalue weighted by atomic mass is 16.4. The predicted octanol–water partition coefficient (Wildman–Crippen LogP) is 2.31. The minimum atomic E-state index is -0.149. The highest BCUT2D eigenvalue weighted by Gasteiger charge is 2.17. The van der Waals surface area contributed by atoms with E-state index in [1.54, 1.807) is 12.1 Å². The summed E-state index contributed by atoms with van der Waals surface area (Å²) >= 11 is 0. The van der Waals surface area contributed by atoms with E-state index in [9.17, 15) is 4.79 Å². The first-order valence-corrected chi connectivity index (χ1v) is 5.92. The van der Waals surface area contributed by atoms with Gasteiger partial charge in [0.2, 0.25) is 0 Å². The lowest BCUT2D eigenvalue weighted by Crippen LogP contribution is -2.34. The van der Waals surface area contributed by atoms with Crippen LogP contribution in [0.25, 0.3) is 0 Å². The van der Waals surface area contributed by atoms with Crippen LogP contribution in [0.1, 0.15) is 49.1 Å². The van der Waals surface area contributed by atoms with Crippen LogP contribution >= 0.6 is 0 Å². The van der Waals surface area contributed by atoms with Gasteiger partial charge in [0.25, 0.3) is 5.91 Å². The van der Waals surface area contributed by atoms with Crippen molar-refractivity contribution in [2.24, 2.45) is 0 Å². The number of hydrogen-bond acceptors (Lipinski definition) is 3. The fourth-order valence-corrected chi connectivity index (χ4v) is 2.16. The third-order valence-electron chi connectivity index (χ3n) is 3.04. The van der Waals surface area contributed by atoms with Crippen LogP contribution in [0.15, 0.2) is 16.5 Å². The molecule has 88 valence electrons. The smallest absolute Gasteiger partial charge is 0.287 e. The van der Waals surface area contributed by atoms with Gasteiger partial charge in [0.1, 0.15) is 0 Å². The van der Waals surface area contributed by atoms with Gasteiger partial charge in [0.15, 0.2) is 11.6 Å². The Hall–Kier alpha value is -1.45. The normalized spacial score (nSPS) is 18.0. The fourth-order valence-electron chi connectivity index (χ4n) is 2.16. The fraction of sp³-hybridized carbons (Fsp3) is 0.583. The van der Waals surface area contributed by atoms with Gasteiger partial charge in [0.05, 0.1) is 0 Å². The molecule has 1 aliphatic rings. The number of rotatable bonds is 2. The molecule has 1 saturated carbocycles. The summed E-state index contributed by atoms with van der Waals surface area (Å²) in [6, 6.07) is 3.50. The number of amides is 1. The van der Waals surface area contributed by atoms with E-state index in [0.717, 1.165) is 12.8 Å². The Labute approximate surface area is 95.2 Å². The number of furan rings is 1. The highest BCUT2D eigenvalue weighted by molar-refractivity contribution is 5.92. The summed E-state index contributed by atoms with van der Waals surface area (Å²) < 4.78 is 5.08. The van der Waals surface area contributed by atoms with E-state index in [-0.39, 0.29) is 11.8 Å². The Kier molecular flexibility index (Phi) is 3.49. The lowest BCUT2D eigenvalue weighted by Gasteiger charge is -2.14. The summed E-state index contributed by atoms with van der Waals surface area (Å²) in [5, 5.41) is 3.00. The molecule has 4 nitrogen and oxygen atoms in total. The van der Waals surface area contributed by atoms with Crippen LogP contribution in [0.4, 0.5) is 5.88 Å². The minimum Gasteiger partial charge on any atom is -0.436 e. The van der Waals surface area contributed by atoms with Crippen molar-refractivity contribution in [3.05, 3.63) is 17.9 Å². The average molecular weight is 222 g/mol. The molecular weight excluding hydrogens is 204 g/mol. The van der Waals surface area contributed by atoms with Crippen molar-refractivity contribution in [1.82, 2.24) is 5.32 Å². The van der Waals surface area contributed by atoms with Gasteiger partial charge in [-0.1, -0.05) is 25.7 Å². The summed E-state index contributed by atoms with van der Waals surface area (Å²) in [7, 11) is 0. The Morgan fingerprint density at radius 1 is 1.25 bits per heavy atom. The third kappa shape index (κ3) is 2.78. The van der Waals surface area contributed by atoms with Crippen molar-refractivity contribution in [3.8, 4) is 0 Å². The van der Waals surface area contributed by atoms with Crippen LogP contribution in [-0.4, -0.2) is 11.9 Å². The van der Waals surface area contributed by atoms with Gasteiger partial charge in [-0.3, -0.25) is 4.79 Å². The maximum Gasteiger partial charge on any atom is 0.287 e. The van der Waals surface area contributed by atoms with Gasteiger partial charge in [0, 0.05) is 12.1 Å². The summed E-state index contributed by atoms with van der Waals surface area (Å²) in [6.45, 7) is 0. The maximum atomic E-state index is 11.8. The first-order valence-electron chi connectivity index (χ1n) is 5.92. The number of carbonyl (C=O) groups excluding carboxylic acids is 1. The average Bonchev–Trinajstić information content (AvgIpc) is 2.54. The van der Waals surface area contributed by atoms with Crippen molar-refractivity contribution < 1.29 is 9.21 Å². The van der Waals surface area contributed by atoms with Crippen LogP contribution in [0, 0.1) is 0 Å². The van der Waals surface area contributed by atoms with Gasteiger partial charge in [-0.05, 0) is 18.9 Å². The summed E-state index contributed by atoms with van der Waals surface area (Å²) in [6.07, 6.45) is 7.10. The molecule has 1 heterocycles. The highest BCUT2D eigenvalue weighted by Crippen LogP contribution is 2.18. The van der Waals surface area contributed by atoms with Crippen molar-refractivity contribution in [1.29, 1.82) is 0 Å². The third-order valence-corrected chi connectivity index (χ3v) is 3.04. The number of anilines is 1. The predicted molar refractivity (Wildman–Crippen MR) is 62.1 cm³/mol. The standard InChI is InChI=1S/C12H18N2O2/c13-11-8-7-10(16-11)12(15)14-9-5-3-1-2-4-6-9/h7-9H,1-6,13H2,(H,14,15). The van der Waals surface area contributed by atoms with E-state index >= 15 is 0 Å². The summed E-state index contributed by atoms with van der Waals surface area (Å²) in [5.74, 6) is 0.441. The van der Waals surface area contributed by atoms with Crippen molar-refractivity contribution >= 4 is 11.8 Å². The molecule has 3 N–H and O–H groups in total. The molecule has 0 atom stereocenters. The zero-order valence-electron chi connectivity index (χ0n) is 9.37. The van der Waals surface area contributed by atoms with Crippen LogP contribution in [0.2, 0.25) is 0 Å². The molecule has 0 unspecified atom stereocenters. The van der Waals surface area contributed by atoms with Gasteiger partial charge in [-0.25, -0.2) is 0 Å². The molecule has 0 spiro atoms. The zero-order chi connectivity index (χ0) is 11.4. The molecule has 0 saturated heterocycles. The lowest BCUT2D eigenvalue weighted by atomic mass is 10.1. The topological polar surface area (TPSA) is 68.3 Å². The molecule has 1 aromatic rings. The molecular formula is C12H18N2O2. The molecule has 4 heteroatoms. The number of nitrogens with two attached hydrogens (primary N) is 1. The maximum absolute atomic E-state index is 11.8. The van der Waals surface area contributed by atoms with Gasteiger partial charge < -0.3 is 15.5 Å². The molecule has 16 heavy (non-hydrogen) atoms. The molecule has 1 aromatic heterocycles. The largest absolute Gasteiger partial charge is 0.436 e. The van der Waals surface area contributed by atoms with Crippen molar-refractivity contribution in [2.75, 3.05) is 5.73 Å². The Morgan fingerprint density at radius 2 is 1.94 bits per heavy atom. The van der Waals surface area contributed by atoms with E-state index < -0.39 is 0 Å². The molecule has 0 aliphatic heterocycles. The number of nitrogen functional groups attached to an aromatic ring is 1. The van der Waals surface area contributed by atoms with Crippen LogP contribution in [-0.2, 0) is 0 Å². The number of carbonyl (C=O) groups is 1. The quantitative estimate of drug-likeness (QED) is 0.754. The molecule has 0 radical (unpaired) electrons. The summed E-state index contributed by atoms with van der Waals surface area (Å²) in [4.78, 5) is 11.8. The first kappa shape index (κ1) is 11.0. The summed E-state index contributed by atoms with van der Waals surface area (Å²) in [5.41, 5.74) is 5.43. The second-order valence-corrected chi connectivity index (χ2v) is 4.36. The zero-order valence-corrected chi connectivity index (χ0v) is 9.37. The first-order chi connectivity index (χ1) is 7.75. The van der Waals surface area contributed by atoms with Crippen LogP contribution < -0.4 is 11.1 Å². The Balaban J connectivity index is 1.90. The van der Waals surface area contributed by atoms with E-state index in [1.807, 2.05) is 0 Å². The minimum absolute atomic E-state index is 0.149. The monoisotopic (exact) mass is 222 g/mol. The van der Waals surface area contributed by atoms with E-state index in [4.69, 9.17) is 10.2 Å². The second-order valence-electron chi connectivity index (χ2n) is 4.36. The second kappa shape index (κ2) is 5.05. The van der Waals surface area contributed by atoms with E-state index in [1.165, 1.54) is 25.7 Å². The Bertz CT molecular complexity index is 352. The number of hydrogen-bond donors (Lipinski definition) is 2. The van der Waals surface area contributed by atoms with Crippen LogP contribution in [0.3, 0.4) is 0 Å². The number of nitrogens with one attached hydrogen (secondary N) is 1. The SMILES string of the molecule is Nc1ccc(C(=O)NC2CCCCCC2)o1. The van der Waals surface area contributed by atoms with Crippen molar-refractivity contribution in [2.45, 2.75) is 44.6 Å². The van der Waals surface area contributed by atoms with Gasteiger partial charge >= 0.3 is 0 Å². The van der Waals surface area contributed by atoms with Crippen molar-refractivity contribution in [3.63, 3.8) is 0 Å². The lowest BCUT2D eigenvalue weighted by molar-refractivity contribution is 0.0906. The molecule has 1 amide bonds. The van der Waals surface area contributed by atoms with Gasteiger partial charge in [-0.2, -0.15) is 0 Å². The Morgan fingerprint density at radius 3 is 2.50 bits per heavy atom. The van der Waals surface area contributed by atoms with E-state index in [2.05, 4.69) is 5.32 Å². The van der Waals surface area contributed by atoms with Gasteiger partial charge in [-0.15, -0.1) is 0 Å².